The normalized spacial score (nSPS) is 13.1. The van der Waals surface area contributed by atoms with Crippen molar-refractivity contribution in [2.45, 2.75) is 25.4 Å². The van der Waals surface area contributed by atoms with Gasteiger partial charge >= 0.3 is 6.03 Å². The summed E-state index contributed by atoms with van der Waals surface area (Å²) in [5.41, 5.74) is 2.66. The molecule has 3 N–H and O–H groups in total. The van der Waals surface area contributed by atoms with Gasteiger partial charge in [0.2, 0.25) is 5.91 Å². The predicted molar refractivity (Wildman–Crippen MR) is 126 cm³/mol. The van der Waals surface area contributed by atoms with Crippen LogP contribution >= 0.6 is 0 Å². The number of carbonyl (C=O) groups excluding carboxylic acids is 2. The number of amides is 3. The summed E-state index contributed by atoms with van der Waals surface area (Å²) in [6.45, 7) is 0.0606. The summed E-state index contributed by atoms with van der Waals surface area (Å²) < 4.78 is 1.86. The molecule has 0 saturated heterocycles. The lowest BCUT2D eigenvalue weighted by Crippen LogP contribution is -2.30. The van der Waals surface area contributed by atoms with E-state index >= 15 is 0 Å². The monoisotopic (exact) mass is 426 g/mol. The first-order chi connectivity index (χ1) is 15.6. The van der Waals surface area contributed by atoms with Gasteiger partial charge in [-0.15, -0.1) is 0 Å². The largest absolute Gasteiger partial charge is 0.335 e. The Hall–Kier alpha value is -4.13. The molecule has 1 heterocycles. The zero-order valence-corrected chi connectivity index (χ0v) is 17.3. The Balaban J connectivity index is 1.35. The SMILES string of the molecule is O=C(Cn1c2ccccc2c(=O)c2ccccc21)Nc1ccc(NC(=O)NC2CC2)cc1. The number of para-hydroxylation sites is 2. The smallest absolute Gasteiger partial charge is 0.319 e. The van der Waals surface area contributed by atoms with Crippen molar-refractivity contribution in [3.05, 3.63) is 83.0 Å². The summed E-state index contributed by atoms with van der Waals surface area (Å²) in [5, 5.41) is 9.70. The van der Waals surface area contributed by atoms with E-state index in [4.69, 9.17) is 0 Å². The molecule has 1 aromatic heterocycles. The van der Waals surface area contributed by atoms with Crippen molar-refractivity contribution in [3.8, 4) is 0 Å². The average molecular weight is 426 g/mol. The molecule has 0 unspecified atom stereocenters. The van der Waals surface area contributed by atoms with E-state index in [2.05, 4.69) is 16.0 Å². The molecule has 3 aromatic carbocycles. The first kappa shape index (κ1) is 19.8. The maximum Gasteiger partial charge on any atom is 0.319 e. The number of aromatic nitrogens is 1. The molecule has 32 heavy (non-hydrogen) atoms. The second-order valence-electron chi connectivity index (χ2n) is 7.95. The number of fused-ring (bicyclic) bond motifs is 2. The van der Waals surface area contributed by atoms with Gasteiger partial charge in [-0.1, -0.05) is 24.3 Å². The maximum absolute atomic E-state index is 12.9. The van der Waals surface area contributed by atoms with E-state index in [0.29, 0.717) is 33.2 Å². The van der Waals surface area contributed by atoms with Crippen LogP contribution in [0.1, 0.15) is 12.8 Å². The number of carbonyl (C=O) groups is 2. The summed E-state index contributed by atoms with van der Waals surface area (Å²) in [7, 11) is 0. The molecule has 7 nitrogen and oxygen atoms in total. The summed E-state index contributed by atoms with van der Waals surface area (Å²) in [6, 6.07) is 21.7. The summed E-state index contributed by atoms with van der Waals surface area (Å²) in [6.07, 6.45) is 2.05. The number of hydrogen-bond donors (Lipinski definition) is 3. The Bertz CT molecular complexity index is 1330. The van der Waals surface area contributed by atoms with E-state index in [9.17, 15) is 14.4 Å². The van der Waals surface area contributed by atoms with Crippen molar-refractivity contribution >= 4 is 45.1 Å². The molecule has 4 aromatic rings. The first-order valence-electron chi connectivity index (χ1n) is 10.6. The van der Waals surface area contributed by atoms with Crippen molar-refractivity contribution in [3.63, 3.8) is 0 Å². The van der Waals surface area contributed by atoms with Gasteiger partial charge < -0.3 is 20.5 Å². The average Bonchev–Trinajstić information content (AvgIpc) is 3.62. The van der Waals surface area contributed by atoms with Crippen LogP contribution in [-0.4, -0.2) is 22.5 Å². The minimum absolute atomic E-state index is 0.0401. The highest BCUT2D eigenvalue weighted by Gasteiger charge is 2.23. The topological polar surface area (TPSA) is 92.2 Å². The van der Waals surface area contributed by atoms with E-state index in [0.717, 1.165) is 12.8 Å². The number of nitrogens with one attached hydrogen (secondary N) is 3. The Morgan fingerprint density at radius 1 is 0.781 bits per heavy atom. The molecular formula is C25H22N4O3. The van der Waals surface area contributed by atoms with Gasteiger partial charge in [-0.2, -0.15) is 0 Å². The van der Waals surface area contributed by atoms with E-state index in [1.165, 1.54) is 0 Å². The molecule has 7 heteroatoms. The van der Waals surface area contributed by atoms with Crippen LogP contribution < -0.4 is 21.4 Å². The second kappa shape index (κ2) is 8.19. The van der Waals surface area contributed by atoms with E-state index < -0.39 is 0 Å². The number of nitrogens with zero attached hydrogens (tertiary/aromatic N) is 1. The van der Waals surface area contributed by atoms with Crippen molar-refractivity contribution in [2.75, 3.05) is 10.6 Å². The Kier molecular flexibility index (Phi) is 5.07. The van der Waals surface area contributed by atoms with Crippen LogP contribution in [0.15, 0.2) is 77.6 Å². The van der Waals surface area contributed by atoms with Gasteiger partial charge in [0.25, 0.3) is 0 Å². The van der Waals surface area contributed by atoms with E-state index in [1.54, 1.807) is 36.4 Å². The molecule has 160 valence electrons. The third-order valence-electron chi connectivity index (χ3n) is 5.52. The number of hydrogen-bond acceptors (Lipinski definition) is 3. The lowest BCUT2D eigenvalue weighted by atomic mass is 10.1. The lowest BCUT2D eigenvalue weighted by molar-refractivity contribution is -0.116. The maximum atomic E-state index is 12.9. The number of urea groups is 1. The molecule has 1 aliphatic rings. The van der Waals surface area contributed by atoms with Crippen molar-refractivity contribution in [1.82, 2.24) is 9.88 Å². The van der Waals surface area contributed by atoms with Crippen LogP contribution in [0.2, 0.25) is 0 Å². The molecule has 1 saturated carbocycles. The van der Waals surface area contributed by atoms with Gasteiger partial charge in [0.15, 0.2) is 5.43 Å². The highest BCUT2D eigenvalue weighted by Crippen LogP contribution is 2.21. The van der Waals surface area contributed by atoms with E-state index in [-0.39, 0.29) is 30.0 Å². The van der Waals surface area contributed by atoms with Gasteiger partial charge in [-0.05, 0) is 61.4 Å². The van der Waals surface area contributed by atoms with Crippen molar-refractivity contribution in [2.24, 2.45) is 0 Å². The van der Waals surface area contributed by atoms with Crippen LogP contribution in [0.5, 0.6) is 0 Å². The molecule has 0 spiro atoms. The molecule has 1 fully saturated rings. The van der Waals surface area contributed by atoms with Gasteiger partial charge in [0.05, 0.1) is 11.0 Å². The minimum atomic E-state index is -0.221. The van der Waals surface area contributed by atoms with Crippen LogP contribution in [0.4, 0.5) is 16.2 Å². The lowest BCUT2D eigenvalue weighted by Gasteiger charge is -2.15. The van der Waals surface area contributed by atoms with Gasteiger partial charge in [0, 0.05) is 28.2 Å². The van der Waals surface area contributed by atoms with Crippen molar-refractivity contribution < 1.29 is 9.59 Å². The summed E-state index contributed by atoms with van der Waals surface area (Å²) in [4.78, 5) is 37.5. The van der Waals surface area contributed by atoms with Gasteiger partial charge in [-0.3, -0.25) is 9.59 Å². The number of rotatable bonds is 5. The molecule has 0 radical (unpaired) electrons. The van der Waals surface area contributed by atoms with E-state index in [1.807, 2.05) is 41.0 Å². The minimum Gasteiger partial charge on any atom is -0.335 e. The second-order valence-corrected chi connectivity index (χ2v) is 7.95. The molecular weight excluding hydrogens is 404 g/mol. The zero-order valence-electron chi connectivity index (χ0n) is 17.3. The standard InChI is InChI=1S/C25H22N4O3/c30-23(26-16-9-11-17(12-10-16)27-25(32)28-18-13-14-18)15-29-21-7-3-1-5-19(21)24(31)20-6-2-4-8-22(20)29/h1-12,18H,13-15H2,(H,26,30)(H2,27,28,32). The first-order valence-corrected chi connectivity index (χ1v) is 10.6. The van der Waals surface area contributed by atoms with Gasteiger partial charge in [-0.25, -0.2) is 4.79 Å². The molecule has 0 bridgehead atoms. The summed E-state index contributed by atoms with van der Waals surface area (Å²) in [5.74, 6) is -0.212. The molecule has 0 aliphatic heterocycles. The van der Waals surface area contributed by atoms with Crippen LogP contribution in [0.3, 0.4) is 0 Å². The molecule has 1 aliphatic carbocycles. The molecule has 3 amide bonds. The number of pyridine rings is 1. The van der Waals surface area contributed by atoms with Crippen LogP contribution in [-0.2, 0) is 11.3 Å². The molecule has 0 atom stereocenters. The Morgan fingerprint density at radius 2 is 1.31 bits per heavy atom. The number of benzene rings is 3. The fraction of sp³-hybridized carbons (Fsp3) is 0.160. The highest BCUT2D eigenvalue weighted by molar-refractivity contribution is 5.97. The zero-order chi connectivity index (χ0) is 22.1. The van der Waals surface area contributed by atoms with Gasteiger partial charge in [0.1, 0.15) is 6.54 Å². The highest BCUT2D eigenvalue weighted by atomic mass is 16.2. The Labute approximate surface area is 184 Å². The predicted octanol–water partition coefficient (Wildman–Crippen LogP) is 4.08. The third kappa shape index (κ3) is 4.05. The summed E-state index contributed by atoms with van der Waals surface area (Å²) >= 11 is 0. The Morgan fingerprint density at radius 3 is 1.88 bits per heavy atom. The quantitative estimate of drug-likeness (QED) is 0.420. The third-order valence-corrected chi connectivity index (χ3v) is 5.52. The number of anilines is 2. The molecule has 5 rings (SSSR count). The van der Waals surface area contributed by atoms with Crippen LogP contribution in [0.25, 0.3) is 21.8 Å². The van der Waals surface area contributed by atoms with Crippen molar-refractivity contribution in [1.29, 1.82) is 0 Å². The van der Waals surface area contributed by atoms with Crippen LogP contribution in [0, 0.1) is 0 Å². The fourth-order valence-electron chi connectivity index (χ4n) is 3.81. The fourth-order valence-corrected chi connectivity index (χ4v) is 3.81.